The maximum Gasteiger partial charge on any atom is 0.406 e. The zero-order chi connectivity index (χ0) is 13.9. The Bertz CT molecular complexity index is 258. The Morgan fingerprint density at radius 1 is 1.29 bits per heavy atom. The van der Waals surface area contributed by atoms with Gasteiger partial charge in [-0.25, -0.2) is 0 Å². The molecule has 2 N–H and O–H groups in total. The van der Waals surface area contributed by atoms with Crippen LogP contribution in [0.3, 0.4) is 0 Å². The Morgan fingerprint density at radius 3 is 2.06 bits per heavy atom. The molecule has 1 unspecified atom stereocenters. The molecule has 0 saturated carbocycles. The number of rotatable bonds is 4. The highest BCUT2D eigenvalue weighted by Gasteiger charge is 2.33. The summed E-state index contributed by atoms with van der Waals surface area (Å²) < 4.78 is 36.6. The normalized spacial score (nSPS) is 14.6. The smallest absolute Gasteiger partial charge is 0.334 e. The third-order valence-corrected chi connectivity index (χ3v) is 2.61. The summed E-state index contributed by atoms with van der Waals surface area (Å²) >= 11 is 0. The number of hydrogen-bond acceptors (Lipinski definition) is 2. The van der Waals surface area contributed by atoms with Crippen molar-refractivity contribution < 1.29 is 18.0 Å². The molecule has 3 nitrogen and oxygen atoms in total. The molecule has 0 radical (unpaired) electrons. The van der Waals surface area contributed by atoms with E-state index in [1.54, 1.807) is 0 Å². The van der Waals surface area contributed by atoms with Gasteiger partial charge in [-0.1, -0.05) is 20.8 Å². The minimum atomic E-state index is -4.36. The summed E-state index contributed by atoms with van der Waals surface area (Å²) in [6.07, 6.45) is -4.43. The van der Waals surface area contributed by atoms with Gasteiger partial charge in [-0.15, -0.1) is 0 Å². The molecular weight excluding hydrogens is 233 g/mol. The van der Waals surface area contributed by atoms with E-state index in [1.807, 2.05) is 20.8 Å². The molecule has 1 atom stereocenters. The van der Waals surface area contributed by atoms with Crippen LogP contribution in [0.4, 0.5) is 13.2 Å². The maximum absolute atomic E-state index is 12.2. The molecule has 0 saturated heterocycles. The first kappa shape index (κ1) is 16.2. The number of hydrogen-bond donors (Lipinski definition) is 1. The van der Waals surface area contributed by atoms with Gasteiger partial charge in [0.15, 0.2) is 0 Å². The zero-order valence-electron chi connectivity index (χ0n) is 10.8. The lowest BCUT2D eigenvalue weighted by atomic mass is 9.85. The predicted molar refractivity (Wildman–Crippen MR) is 60.4 cm³/mol. The average Bonchev–Trinajstić information content (AvgIpc) is 2.10. The molecular formula is C11H21F3N2O. The van der Waals surface area contributed by atoms with E-state index in [1.165, 1.54) is 6.92 Å². The molecule has 0 aliphatic rings. The van der Waals surface area contributed by atoms with Crippen molar-refractivity contribution in [1.82, 2.24) is 4.90 Å². The zero-order valence-corrected chi connectivity index (χ0v) is 10.8. The molecule has 0 spiro atoms. The van der Waals surface area contributed by atoms with Crippen LogP contribution in [0.25, 0.3) is 0 Å². The lowest BCUT2D eigenvalue weighted by molar-refractivity contribution is -0.161. The summed E-state index contributed by atoms with van der Waals surface area (Å²) in [5, 5.41) is 0. The topological polar surface area (TPSA) is 46.3 Å². The Labute approximate surface area is 100 Å². The van der Waals surface area contributed by atoms with Gasteiger partial charge in [0, 0.05) is 19.0 Å². The SMILES string of the molecule is CCN(CC(F)(F)F)C(=O)CC(N)C(C)(C)C. The van der Waals surface area contributed by atoms with Crippen LogP contribution in [0.5, 0.6) is 0 Å². The summed E-state index contributed by atoms with van der Waals surface area (Å²) in [6, 6.07) is -0.447. The molecule has 0 aliphatic heterocycles. The monoisotopic (exact) mass is 254 g/mol. The molecule has 0 aromatic carbocycles. The van der Waals surface area contributed by atoms with Gasteiger partial charge in [0.25, 0.3) is 0 Å². The molecule has 0 aromatic rings. The highest BCUT2D eigenvalue weighted by molar-refractivity contribution is 5.76. The fraction of sp³-hybridized carbons (Fsp3) is 0.909. The molecule has 102 valence electrons. The quantitative estimate of drug-likeness (QED) is 0.835. The van der Waals surface area contributed by atoms with Crippen molar-refractivity contribution in [2.45, 2.75) is 46.3 Å². The van der Waals surface area contributed by atoms with E-state index in [9.17, 15) is 18.0 Å². The number of amides is 1. The largest absolute Gasteiger partial charge is 0.406 e. The minimum Gasteiger partial charge on any atom is -0.334 e. The summed E-state index contributed by atoms with van der Waals surface area (Å²) in [7, 11) is 0. The van der Waals surface area contributed by atoms with E-state index in [-0.39, 0.29) is 18.4 Å². The predicted octanol–water partition coefficient (Wildman–Crippen LogP) is 2.16. The van der Waals surface area contributed by atoms with E-state index in [2.05, 4.69) is 0 Å². The van der Waals surface area contributed by atoms with Crippen molar-refractivity contribution in [3.05, 3.63) is 0 Å². The number of nitrogens with two attached hydrogens (primary N) is 1. The molecule has 17 heavy (non-hydrogen) atoms. The van der Waals surface area contributed by atoms with Gasteiger partial charge in [0.05, 0.1) is 0 Å². The van der Waals surface area contributed by atoms with Crippen LogP contribution in [-0.2, 0) is 4.79 Å². The van der Waals surface area contributed by atoms with E-state index >= 15 is 0 Å². The van der Waals surface area contributed by atoms with Crippen LogP contribution in [0.2, 0.25) is 0 Å². The van der Waals surface area contributed by atoms with Crippen molar-refractivity contribution in [2.75, 3.05) is 13.1 Å². The van der Waals surface area contributed by atoms with Crippen molar-refractivity contribution in [1.29, 1.82) is 0 Å². The van der Waals surface area contributed by atoms with E-state index in [0.717, 1.165) is 4.90 Å². The first-order valence-corrected chi connectivity index (χ1v) is 5.57. The number of carbonyl (C=O) groups is 1. The number of carbonyl (C=O) groups excluding carboxylic acids is 1. The molecule has 0 aliphatic carbocycles. The lowest BCUT2D eigenvalue weighted by Gasteiger charge is -2.29. The Balaban J connectivity index is 4.47. The third-order valence-electron chi connectivity index (χ3n) is 2.61. The Kier molecular flexibility index (Phi) is 5.45. The molecule has 0 aromatic heterocycles. The van der Waals surface area contributed by atoms with Gasteiger partial charge in [0.1, 0.15) is 6.54 Å². The lowest BCUT2D eigenvalue weighted by Crippen LogP contribution is -2.44. The van der Waals surface area contributed by atoms with Gasteiger partial charge < -0.3 is 10.6 Å². The van der Waals surface area contributed by atoms with Crippen molar-refractivity contribution in [2.24, 2.45) is 11.1 Å². The van der Waals surface area contributed by atoms with Crippen molar-refractivity contribution in [3.63, 3.8) is 0 Å². The summed E-state index contributed by atoms with van der Waals surface area (Å²) in [5.74, 6) is -0.549. The fourth-order valence-corrected chi connectivity index (χ4v) is 1.22. The van der Waals surface area contributed by atoms with Gasteiger partial charge >= 0.3 is 6.18 Å². The number of alkyl halides is 3. The molecule has 1 amide bonds. The summed E-state index contributed by atoms with van der Waals surface area (Å²) in [6.45, 7) is 5.90. The van der Waals surface area contributed by atoms with Gasteiger partial charge in [-0.05, 0) is 12.3 Å². The minimum absolute atomic E-state index is 0.0369. The summed E-state index contributed by atoms with van der Waals surface area (Å²) in [4.78, 5) is 12.4. The van der Waals surface area contributed by atoms with Gasteiger partial charge in [0.2, 0.25) is 5.91 Å². The van der Waals surface area contributed by atoms with Crippen LogP contribution in [-0.4, -0.2) is 36.1 Å². The standard InChI is InChI=1S/C11H21F3N2O/c1-5-16(7-11(12,13)14)9(17)6-8(15)10(2,3)4/h8H,5-7,15H2,1-4H3. The summed E-state index contributed by atoms with van der Waals surface area (Å²) in [5.41, 5.74) is 5.48. The van der Waals surface area contributed by atoms with E-state index in [4.69, 9.17) is 5.73 Å². The Hall–Kier alpha value is -0.780. The van der Waals surface area contributed by atoms with Crippen molar-refractivity contribution >= 4 is 5.91 Å². The maximum atomic E-state index is 12.2. The second-order valence-electron chi connectivity index (χ2n) is 5.20. The van der Waals surface area contributed by atoms with Crippen LogP contribution in [0.15, 0.2) is 0 Å². The highest BCUT2D eigenvalue weighted by atomic mass is 19.4. The fourth-order valence-electron chi connectivity index (χ4n) is 1.22. The number of halogens is 3. The van der Waals surface area contributed by atoms with Crippen LogP contribution in [0, 0.1) is 5.41 Å². The third kappa shape index (κ3) is 6.51. The molecule has 0 heterocycles. The first-order valence-electron chi connectivity index (χ1n) is 5.57. The molecule has 6 heteroatoms. The number of nitrogens with zero attached hydrogens (tertiary/aromatic N) is 1. The van der Waals surface area contributed by atoms with E-state index < -0.39 is 24.7 Å². The first-order chi connectivity index (χ1) is 7.47. The average molecular weight is 254 g/mol. The van der Waals surface area contributed by atoms with Gasteiger partial charge in [-0.3, -0.25) is 4.79 Å². The van der Waals surface area contributed by atoms with E-state index in [0.29, 0.717) is 0 Å². The van der Waals surface area contributed by atoms with Crippen molar-refractivity contribution in [3.8, 4) is 0 Å². The highest BCUT2D eigenvalue weighted by Crippen LogP contribution is 2.22. The second kappa shape index (κ2) is 5.71. The Morgan fingerprint density at radius 2 is 1.76 bits per heavy atom. The molecule has 0 rings (SSSR count). The molecule has 0 fully saturated rings. The van der Waals surface area contributed by atoms with Crippen LogP contribution >= 0.6 is 0 Å². The second-order valence-corrected chi connectivity index (χ2v) is 5.20. The molecule has 0 bridgehead atoms. The van der Waals surface area contributed by atoms with Crippen LogP contribution < -0.4 is 5.73 Å². The van der Waals surface area contributed by atoms with Crippen LogP contribution in [0.1, 0.15) is 34.1 Å². The van der Waals surface area contributed by atoms with Gasteiger partial charge in [-0.2, -0.15) is 13.2 Å².